The maximum atomic E-state index is 13.4. The monoisotopic (exact) mass is 446 g/mol. The Kier molecular flexibility index (Phi) is 6.85. The lowest BCUT2D eigenvalue weighted by Crippen LogP contribution is -2.37. The summed E-state index contributed by atoms with van der Waals surface area (Å²) < 4.78 is 0. The van der Waals surface area contributed by atoms with Crippen LogP contribution in [0.2, 0.25) is 0 Å². The molecule has 1 aliphatic heterocycles. The molecule has 0 radical (unpaired) electrons. The molecule has 3 aromatic rings. The molecule has 0 bridgehead atoms. The van der Waals surface area contributed by atoms with Crippen molar-refractivity contribution in [1.82, 2.24) is 19.8 Å². The van der Waals surface area contributed by atoms with Gasteiger partial charge in [-0.3, -0.25) is 14.6 Å². The number of aryl methyl sites for hydroxylation is 2. The minimum atomic E-state index is -0.0384. The summed E-state index contributed by atoms with van der Waals surface area (Å²) >= 11 is 1.52. The van der Waals surface area contributed by atoms with Gasteiger partial charge in [0.25, 0.3) is 11.8 Å². The van der Waals surface area contributed by atoms with Crippen LogP contribution in [0.15, 0.2) is 71.0 Å². The van der Waals surface area contributed by atoms with Gasteiger partial charge in [0.2, 0.25) is 0 Å². The maximum Gasteiger partial charge on any atom is 0.256 e. The van der Waals surface area contributed by atoms with Crippen molar-refractivity contribution in [3.05, 3.63) is 83.3 Å². The molecule has 0 atom stereocenters. The van der Waals surface area contributed by atoms with Gasteiger partial charge >= 0.3 is 0 Å². The van der Waals surface area contributed by atoms with E-state index in [1.165, 1.54) is 22.9 Å². The number of hydrogen-bond acceptors (Lipinski definition) is 5. The van der Waals surface area contributed by atoms with E-state index in [0.717, 1.165) is 11.3 Å². The average molecular weight is 447 g/mol. The Morgan fingerprint density at radius 1 is 0.875 bits per heavy atom. The number of amides is 2. The van der Waals surface area contributed by atoms with E-state index in [9.17, 15) is 9.59 Å². The first-order chi connectivity index (χ1) is 15.5. The first-order valence-electron chi connectivity index (χ1n) is 10.7. The summed E-state index contributed by atoms with van der Waals surface area (Å²) in [6, 6.07) is 13.4. The van der Waals surface area contributed by atoms with E-state index in [0.29, 0.717) is 42.3 Å². The van der Waals surface area contributed by atoms with E-state index >= 15 is 0 Å². The molecule has 32 heavy (non-hydrogen) atoms. The van der Waals surface area contributed by atoms with Gasteiger partial charge < -0.3 is 9.80 Å². The first-order valence-corrected chi connectivity index (χ1v) is 11.5. The highest BCUT2D eigenvalue weighted by atomic mass is 32.2. The van der Waals surface area contributed by atoms with Crippen molar-refractivity contribution < 1.29 is 9.59 Å². The fourth-order valence-corrected chi connectivity index (χ4v) is 4.77. The molecule has 0 aliphatic carbocycles. The molecule has 7 heteroatoms. The quantitative estimate of drug-likeness (QED) is 0.600. The van der Waals surface area contributed by atoms with Crippen molar-refractivity contribution in [3.63, 3.8) is 0 Å². The van der Waals surface area contributed by atoms with E-state index < -0.39 is 0 Å². The average Bonchev–Trinajstić information content (AvgIpc) is 3.07. The molecule has 2 aromatic heterocycles. The van der Waals surface area contributed by atoms with Gasteiger partial charge in [0.1, 0.15) is 5.03 Å². The first kappa shape index (κ1) is 22.0. The number of hydrogen-bond donors (Lipinski definition) is 0. The van der Waals surface area contributed by atoms with Gasteiger partial charge in [0, 0.05) is 55.2 Å². The van der Waals surface area contributed by atoms with Gasteiger partial charge in [-0.05, 0) is 56.2 Å². The van der Waals surface area contributed by atoms with Gasteiger partial charge in [0.15, 0.2) is 0 Å². The van der Waals surface area contributed by atoms with Crippen LogP contribution in [-0.4, -0.2) is 57.8 Å². The van der Waals surface area contributed by atoms with Gasteiger partial charge in [-0.25, -0.2) is 4.98 Å². The van der Waals surface area contributed by atoms with E-state index in [1.807, 2.05) is 15.9 Å². The van der Waals surface area contributed by atoms with Crippen LogP contribution in [0, 0.1) is 13.8 Å². The molecule has 0 unspecified atom stereocenters. The Morgan fingerprint density at radius 3 is 2.31 bits per heavy atom. The van der Waals surface area contributed by atoms with Crippen LogP contribution in [0.4, 0.5) is 0 Å². The van der Waals surface area contributed by atoms with Crippen LogP contribution < -0.4 is 0 Å². The Bertz CT molecular complexity index is 1120. The van der Waals surface area contributed by atoms with E-state index in [2.05, 4.69) is 42.0 Å². The summed E-state index contributed by atoms with van der Waals surface area (Å²) in [7, 11) is 0. The lowest BCUT2D eigenvalue weighted by atomic mass is 10.2. The predicted molar refractivity (Wildman–Crippen MR) is 125 cm³/mol. The zero-order valence-corrected chi connectivity index (χ0v) is 19.1. The SMILES string of the molecule is Cc1ccc(Sc2ncccc2C(=O)N2CCCN(C(=O)c3ccncc3)CC2)c(C)c1. The van der Waals surface area contributed by atoms with Crippen LogP contribution >= 0.6 is 11.8 Å². The number of benzene rings is 1. The third-order valence-electron chi connectivity index (χ3n) is 5.54. The van der Waals surface area contributed by atoms with E-state index in [4.69, 9.17) is 0 Å². The lowest BCUT2D eigenvalue weighted by Gasteiger charge is -2.23. The lowest BCUT2D eigenvalue weighted by molar-refractivity contribution is 0.0716. The summed E-state index contributed by atoms with van der Waals surface area (Å²) in [4.78, 5) is 39.4. The molecule has 1 fully saturated rings. The number of aromatic nitrogens is 2. The Morgan fingerprint density at radius 2 is 1.59 bits per heavy atom. The van der Waals surface area contributed by atoms with Gasteiger partial charge in [-0.2, -0.15) is 0 Å². The van der Waals surface area contributed by atoms with Crippen molar-refractivity contribution in [2.24, 2.45) is 0 Å². The normalized spacial score (nSPS) is 14.2. The number of carbonyl (C=O) groups excluding carboxylic acids is 2. The van der Waals surface area contributed by atoms with Crippen LogP contribution in [0.1, 0.15) is 38.3 Å². The highest BCUT2D eigenvalue weighted by Gasteiger charge is 2.25. The van der Waals surface area contributed by atoms with Crippen molar-refractivity contribution in [3.8, 4) is 0 Å². The van der Waals surface area contributed by atoms with Crippen LogP contribution in [0.25, 0.3) is 0 Å². The van der Waals surface area contributed by atoms with E-state index in [-0.39, 0.29) is 11.8 Å². The molecule has 164 valence electrons. The van der Waals surface area contributed by atoms with Crippen molar-refractivity contribution in [2.45, 2.75) is 30.2 Å². The molecule has 1 aromatic carbocycles. The summed E-state index contributed by atoms with van der Waals surface area (Å²) in [6.07, 6.45) is 5.71. The minimum Gasteiger partial charge on any atom is -0.337 e. The molecule has 0 spiro atoms. The molecule has 1 saturated heterocycles. The second-order valence-electron chi connectivity index (χ2n) is 7.90. The van der Waals surface area contributed by atoms with Crippen LogP contribution in [-0.2, 0) is 0 Å². The summed E-state index contributed by atoms with van der Waals surface area (Å²) in [5.41, 5.74) is 3.60. The summed E-state index contributed by atoms with van der Waals surface area (Å²) in [5, 5.41) is 0.707. The van der Waals surface area contributed by atoms with Crippen LogP contribution in [0.5, 0.6) is 0 Å². The second kappa shape index (κ2) is 9.96. The minimum absolute atomic E-state index is 0.0193. The molecule has 0 N–H and O–H groups in total. The summed E-state index contributed by atoms with van der Waals surface area (Å²) in [5.74, 6) is -0.0576. The number of pyridine rings is 2. The molecule has 2 amide bonds. The van der Waals surface area contributed by atoms with Crippen LogP contribution in [0.3, 0.4) is 0 Å². The molecule has 0 saturated carbocycles. The standard InChI is InChI=1S/C25H26N4O2S/c1-18-6-7-22(19(2)17-18)32-23-21(5-3-10-27-23)25(31)29-14-4-13-28(15-16-29)24(30)20-8-11-26-12-9-20/h3,5-12,17H,4,13-16H2,1-2H3. The molecule has 3 heterocycles. The molecule has 6 nitrogen and oxygen atoms in total. The fraction of sp³-hybridized carbons (Fsp3) is 0.280. The van der Waals surface area contributed by atoms with Gasteiger partial charge in [0.05, 0.1) is 5.56 Å². The van der Waals surface area contributed by atoms with Crippen molar-refractivity contribution in [2.75, 3.05) is 26.2 Å². The van der Waals surface area contributed by atoms with E-state index in [1.54, 1.807) is 36.8 Å². The number of nitrogens with zero attached hydrogens (tertiary/aromatic N) is 4. The third kappa shape index (κ3) is 4.99. The second-order valence-corrected chi connectivity index (χ2v) is 8.93. The maximum absolute atomic E-state index is 13.4. The molecular formula is C25H26N4O2S. The summed E-state index contributed by atoms with van der Waals surface area (Å²) in [6.45, 7) is 6.39. The molecule has 1 aliphatic rings. The number of rotatable bonds is 4. The molecule has 4 rings (SSSR count). The number of carbonyl (C=O) groups is 2. The fourth-order valence-electron chi connectivity index (χ4n) is 3.82. The Balaban J connectivity index is 1.48. The van der Waals surface area contributed by atoms with Crippen molar-refractivity contribution >= 4 is 23.6 Å². The predicted octanol–water partition coefficient (Wildman–Crippen LogP) is 4.23. The zero-order valence-electron chi connectivity index (χ0n) is 18.3. The van der Waals surface area contributed by atoms with Crippen molar-refractivity contribution in [1.29, 1.82) is 0 Å². The smallest absolute Gasteiger partial charge is 0.256 e. The topological polar surface area (TPSA) is 66.4 Å². The highest BCUT2D eigenvalue weighted by Crippen LogP contribution is 2.32. The Hall–Kier alpha value is -3.19. The zero-order chi connectivity index (χ0) is 22.5. The largest absolute Gasteiger partial charge is 0.337 e. The Labute approximate surface area is 192 Å². The molecular weight excluding hydrogens is 420 g/mol. The third-order valence-corrected chi connectivity index (χ3v) is 6.73. The highest BCUT2D eigenvalue weighted by molar-refractivity contribution is 7.99. The van der Waals surface area contributed by atoms with Gasteiger partial charge in [-0.1, -0.05) is 29.5 Å². The van der Waals surface area contributed by atoms with Gasteiger partial charge in [-0.15, -0.1) is 0 Å².